The van der Waals surface area contributed by atoms with Gasteiger partial charge in [-0.15, -0.1) is 0 Å². The van der Waals surface area contributed by atoms with E-state index in [1.54, 1.807) is 7.11 Å². The van der Waals surface area contributed by atoms with Gasteiger partial charge in [0.25, 0.3) is 0 Å². The van der Waals surface area contributed by atoms with Gasteiger partial charge < -0.3 is 15.0 Å². The predicted molar refractivity (Wildman–Crippen MR) is 150 cm³/mol. The minimum Gasteiger partial charge on any atom is -0.496 e. The maximum atomic E-state index is 5.74. The smallest absolute Gasteiger partial charge is 0.227 e. The van der Waals surface area contributed by atoms with E-state index in [2.05, 4.69) is 50.7 Å². The van der Waals surface area contributed by atoms with E-state index in [1.165, 1.54) is 31.2 Å². The van der Waals surface area contributed by atoms with E-state index in [0.29, 0.717) is 13.0 Å². The fraction of sp³-hybridized carbons (Fsp3) is 0.483. The van der Waals surface area contributed by atoms with Gasteiger partial charge in [-0.3, -0.25) is 10.4 Å². The third-order valence-corrected chi connectivity index (χ3v) is 6.77. The summed E-state index contributed by atoms with van der Waals surface area (Å²) in [6.45, 7) is 5.49. The SMILES string of the molecule is CNN(C)CCC#CC1=Cc2nc(N3CCCCCC3)nc(NCc3ccnc(C)c3)c2CC=C1OC. The first-order valence-electron chi connectivity index (χ1n) is 13.2. The number of rotatable bonds is 8. The summed E-state index contributed by atoms with van der Waals surface area (Å²) in [6.07, 6.45) is 12.3. The van der Waals surface area contributed by atoms with E-state index >= 15 is 0 Å². The Morgan fingerprint density at radius 3 is 2.70 bits per heavy atom. The molecule has 0 radical (unpaired) electrons. The Balaban J connectivity index is 1.69. The van der Waals surface area contributed by atoms with E-state index in [4.69, 9.17) is 14.7 Å². The van der Waals surface area contributed by atoms with Crippen molar-refractivity contribution in [2.45, 2.75) is 52.0 Å². The maximum Gasteiger partial charge on any atom is 0.227 e. The number of pyridine rings is 1. The van der Waals surface area contributed by atoms with Crippen molar-refractivity contribution in [3.8, 4) is 11.8 Å². The van der Waals surface area contributed by atoms with Crippen molar-refractivity contribution in [2.24, 2.45) is 0 Å². The van der Waals surface area contributed by atoms with Crippen LogP contribution in [0.3, 0.4) is 0 Å². The normalized spacial score (nSPS) is 15.5. The summed E-state index contributed by atoms with van der Waals surface area (Å²) in [4.78, 5) is 16.8. The molecule has 2 aromatic heterocycles. The number of hydrazine groups is 1. The summed E-state index contributed by atoms with van der Waals surface area (Å²) >= 11 is 0. The number of anilines is 2. The van der Waals surface area contributed by atoms with Gasteiger partial charge in [-0.2, -0.15) is 4.98 Å². The molecule has 1 aliphatic carbocycles. The summed E-state index contributed by atoms with van der Waals surface area (Å²) in [5.74, 6) is 9.07. The van der Waals surface area contributed by atoms with E-state index in [0.717, 1.165) is 66.1 Å². The maximum absolute atomic E-state index is 5.74. The van der Waals surface area contributed by atoms with Crippen molar-refractivity contribution >= 4 is 17.8 Å². The van der Waals surface area contributed by atoms with Crippen LogP contribution in [0.4, 0.5) is 11.8 Å². The number of ether oxygens (including phenoxy) is 1. The Morgan fingerprint density at radius 2 is 1.97 bits per heavy atom. The lowest BCUT2D eigenvalue weighted by atomic mass is 10.1. The molecule has 2 aromatic rings. The van der Waals surface area contributed by atoms with E-state index in [1.807, 2.05) is 38.3 Å². The first kappa shape index (κ1) is 26.6. The van der Waals surface area contributed by atoms with E-state index in [9.17, 15) is 0 Å². The van der Waals surface area contributed by atoms with Gasteiger partial charge in [0.15, 0.2) is 0 Å². The van der Waals surface area contributed by atoms with E-state index < -0.39 is 0 Å². The zero-order valence-electron chi connectivity index (χ0n) is 22.6. The highest BCUT2D eigenvalue weighted by Crippen LogP contribution is 2.30. The predicted octanol–water partition coefficient (Wildman–Crippen LogP) is 4.10. The van der Waals surface area contributed by atoms with Crippen molar-refractivity contribution in [3.05, 3.63) is 58.3 Å². The molecular formula is C29H39N7O. The molecule has 8 nitrogen and oxygen atoms in total. The summed E-state index contributed by atoms with van der Waals surface area (Å²) < 4.78 is 5.74. The molecule has 0 bridgehead atoms. The van der Waals surface area contributed by atoms with Crippen molar-refractivity contribution in [1.82, 2.24) is 25.4 Å². The van der Waals surface area contributed by atoms with E-state index in [-0.39, 0.29) is 0 Å². The average Bonchev–Trinajstić information content (AvgIpc) is 3.29. The monoisotopic (exact) mass is 501 g/mol. The van der Waals surface area contributed by atoms with Crippen LogP contribution < -0.4 is 15.6 Å². The van der Waals surface area contributed by atoms with Gasteiger partial charge in [0, 0.05) is 63.5 Å². The highest BCUT2D eigenvalue weighted by molar-refractivity contribution is 5.70. The summed E-state index contributed by atoms with van der Waals surface area (Å²) in [7, 11) is 5.62. The molecule has 2 N–H and O–H groups in total. The second-order valence-corrected chi connectivity index (χ2v) is 9.53. The Hall–Kier alpha value is -3.41. The van der Waals surface area contributed by atoms with Crippen LogP contribution in [0, 0.1) is 18.8 Å². The molecule has 0 aromatic carbocycles. The van der Waals surface area contributed by atoms with Gasteiger partial charge in [-0.1, -0.05) is 24.7 Å². The number of nitrogens with zero attached hydrogens (tertiary/aromatic N) is 5. The minimum atomic E-state index is 0.667. The van der Waals surface area contributed by atoms with Crippen LogP contribution in [0.25, 0.3) is 6.08 Å². The Bertz CT molecular complexity index is 1190. The molecule has 8 heteroatoms. The van der Waals surface area contributed by atoms with Gasteiger partial charge in [0.05, 0.1) is 18.4 Å². The molecular weight excluding hydrogens is 462 g/mol. The number of aryl methyl sites for hydroxylation is 1. The highest BCUT2D eigenvalue weighted by Gasteiger charge is 2.21. The fourth-order valence-corrected chi connectivity index (χ4v) is 4.56. The first-order valence-corrected chi connectivity index (χ1v) is 13.2. The van der Waals surface area contributed by atoms with Gasteiger partial charge in [0.1, 0.15) is 11.6 Å². The molecule has 1 aliphatic heterocycles. The molecule has 0 unspecified atom stereocenters. The molecule has 0 amide bonds. The van der Waals surface area contributed by atoms with Crippen molar-refractivity contribution < 1.29 is 4.74 Å². The second kappa shape index (κ2) is 13.2. The molecule has 0 saturated carbocycles. The second-order valence-electron chi connectivity index (χ2n) is 9.53. The molecule has 2 aliphatic rings. The minimum absolute atomic E-state index is 0.667. The number of hydrogen-bond acceptors (Lipinski definition) is 8. The van der Waals surface area contributed by atoms with Gasteiger partial charge in [-0.25, -0.2) is 9.99 Å². The van der Waals surface area contributed by atoms with Crippen LogP contribution in [0.5, 0.6) is 0 Å². The van der Waals surface area contributed by atoms with Crippen LogP contribution in [0.1, 0.15) is 54.6 Å². The van der Waals surface area contributed by atoms with Crippen molar-refractivity contribution in [2.75, 3.05) is 51.1 Å². The summed E-state index contributed by atoms with van der Waals surface area (Å²) in [5, 5.41) is 5.62. The quantitative estimate of drug-likeness (QED) is 0.414. The van der Waals surface area contributed by atoms with Gasteiger partial charge in [-0.05, 0) is 56.7 Å². The van der Waals surface area contributed by atoms with Crippen LogP contribution >= 0.6 is 0 Å². The number of nitrogens with one attached hydrogen (secondary N) is 2. The highest BCUT2D eigenvalue weighted by atomic mass is 16.5. The number of fused-ring (bicyclic) bond motifs is 1. The van der Waals surface area contributed by atoms with Crippen molar-refractivity contribution in [3.63, 3.8) is 0 Å². The summed E-state index contributed by atoms with van der Waals surface area (Å²) in [5.41, 5.74) is 8.10. The third-order valence-electron chi connectivity index (χ3n) is 6.77. The largest absolute Gasteiger partial charge is 0.496 e. The Morgan fingerprint density at radius 1 is 1.16 bits per heavy atom. The lowest BCUT2D eigenvalue weighted by Gasteiger charge is -2.23. The number of methoxy groups -OCH3 is 1. The zero-order chi connectivity index (χ0) is 26.0. The standard InChI is InChI=1S/C29H39N7O/c1-22-19-23(14-15-31-22)21-32-28-25-12-13-27(37-4)24(11-7-10-16-35(3)30-2)20-26(25)33-29(34-28)36-17-8-5-6-9-18-36/h13-15,19-20,30H,5-6,8-10,12,16-18,21H2,1-4H3,(H,32,33,34). The average molecular weight is 502 g/mol. The molecule has 1 fully saturated rings. The van der Waals surface area contributed by atoms with Crippen molar-refractivity contribution in [1.29, 1.82) is 0 Å². The topological polar surface area (TPSA) is 78.4 Å². The number of aromatic nitrogens is 3. The van der Waals surface area contributed by atoms with Gasteiger partial charge >= 0.3 is 0 Å². The van der Waals surface area contributed by atoms with Crippen LogP contribution in [0.2, 0.25) is 0 Å². The molecule has 3 heterocycles. The first-order chi connectivity index (χ1) is 18.1. The fourth-order valence-electron chi connectivity index (χ4n) is 4.56. The Kier molecular flexibility index (Phi) is 9.52. The molecule has 0 atom stereocenters. The summed E-state index contributed by atoms with van der Waals surface area (Å²) in [6, 6.07) is 4.14. The lowest BCUT2D eigenvalue weighted by molar-refractivity contribution is 0.267. The lowest BCUT2D eigenvalue weighted by Crippen LogP contribution is -2.31. The van der Waals surface area contributed by atoms with Crippen LogP contribution in [-0.4, -0.2) is 60.8 Å². The molecule has 1 saturated heterocycles. The van der Waals surface area contributed by atoms with Gasteiger partial charge in [0.2, 0.25) is 5.95 Å². The number of hydrogen-bond donors (Lipinski definition) is 2. The van der Waals surface area contributed by atoms with Crippen LogP contribution in [-0.2, 0) is 17.7 Å². The van der Waals surface area contributed by atoms with Crippen LogP contribution in [0.15, 0.2) is 35.7 Å². The molecule has 0 spiro atoms. The number of allylic oxidation sites excluding steroid dienone is 2. The molecule has 37 heavy (non-hydrogen) atoms. The molecule has 4 rings (SSSR count). The third kappa shape index (κ3) is 7.31. The zero-order valence-corrected chi connectivity index (χ0v) is 22.6. The molecule has 196 valence electrons. The Labute approximate surface area is 221 Å².